The summed E-state index contributed by atoms with van der Waals surface area (Å²) in [5.74, 6) is -1.17. The summed E-state index contributed by atoms with van der Waals surface area (Å²) in [4.78, 5) is 42.6. The Morgan fingerprint density at radius 3 is 1.79 bits per heavy atom. The number of rotatable bonds is 32. The van der Waals surface area contributed by atoms with Crippen molar-refractivity contribution in [2.45, 2.75) is 167 Å². The predicted octanol–water partition coefficient (Wildman–Crippen LogP) is 8.17. The number of allylic oxidation sites excluding steroid dienone is 5. The summed E-state index contributed by atoms with van der Waals surface area (Å²) in [7, 11) is -4.83. The van der Waals surface area contributed by atoms with Gasteiger partial charge in [0, 0.05) is 12.8 Å². The zero-order chi connectivity index (χ0) is 35.0. The van der Waals surface area contributed by atoms with Crippen LogP contribution in [0, 0.1) is 0 Å². The van der Waals surface area contributed by atoms with E-state index in [-0.39, 0.29) is 38.7 Å². The summed E-state index contributed by atoms with van der Waals surface area (Å²) < 4.78 is 26.1. The van der Waals surface area contributed by atoms with Crippen molar-refractivity contribution < 1.29 is 48.2 Å². The molecule has 0 rings (SSSR count). The number of phosphoric acid groups is 1. The van der Waals surface area contributed by atoms with E-state index in [2.05, 4.69) is 42.7 Å². The highest BCUT2D eigenvalue weighted by molar-refractivity contribution is 7.46. The lowest BCUT2D eigenvalue weighted by atomic mass is 10.0. The molecule has 274 valence electrons. The van der Waals surface area contributed by atoms with Gasteiger partial charge in [-0.05, 0) is 51.4 Å². The Morgan fingerprint density at radius 2 is 1.17 bits per heavy atom. The lowest BCUT2D eigenvalue weighted by Crippen LogP contribution is -2.30. The second-order valence-electron chi connectivity index (χ2n) is 12.2. The Bertz CT molecular complexity index is 898. The first-order valence-electron chi connectivity index (χ1n) is 17.9. The molecule has 4 N–H and O–H groups in total. The van der Waals surface area contributed by atoms with Crippen LogP contribution in [-0.4, -0.2) is 63.5 Å². The average molecular weight is 689 g/mol. The SMILES string of the molecule is CCCCC/C=C\C/C=C\C/C=C\CC(O)C(O)CCCC(=O)O[C@H](COC(=O)CCCCCCCCCCCC)COP(=O)(O)O. The van der Waals surface area contributed by atoms with Crippen molar-refractivity contribution in [3.8, 4) is 0 Å². The van der Waals surface area contributed by atoms with Crippen LogP contribution in [0.25, 0.3) is 0 Å². The quantitative estimate of drug-likeness (QED) is 0.0235. The number of carbonyl (C=O) groups excluding carboxylic acids is 2. The molecule has 0 aliphatic heterocycles. The monoisotopic (exact) mass is 688 g/mol. The van der Waals surface area contributed by atoms with Crippen LogP contribution in [0.1, 0.15) is 149 Å². The molecule has 0 spiro atoms. The number of esters is 2. The molecular formula is C36H65O10P. The molecule has 0 bridgehead atoms. The van der Waals surface area contributed by atoms with Crippen LogP contribution in [-0.2, 0) is 28.2 Å². The van der Waals surface area contributed by atoms with Crippen LogP contribution >= 0.6 is 7.82 Å². The van der Waals surface area contributed by atoms with E-state index in [4.69, 9.17) is 19.3 Å². The van der Waals surface area contributed by atoms with Gasteiger partial charge < -0.3 is 29.5 Å². The van der Waals surface area contributed by atoms with Gasteiger partial charge in [-0.3, -0.25) is 14.1 Å². The fourth-order valence-corrected chi connectivity index (χ4v) is 5.13. The first kappa shape index (κ1) is 45.2. The Labute approximate surface area is 284 Å². The van der Waals surface area contributed by atoms with E-state index in [1.54, 1.807) is 0 Å². The van der Waals surface area contributed by atoms with Crippen molar-refractivity contribution in [1.29, 1.82) is 0 Å². The minimum absolute atomic E-state index is 0.101. The number of hydrogen-bond acceptors (Lipinski definition) is 8. The number of aliphatic hydroxyl groups excluding tert-OH is 2. The van der Waals surface area contributed by atoms with Gasteiger partial charge in [-0.25, -0.2) is 4.57 Å². The van der Waals surface area contributed by atoms with Gasteiger partial charge in [0.15, 0.2) is 6.10 Å². The number of aliphatic hydroxyl groups is 2. The summed E-state index contributed by atoms with van der Waals surface area (Å²) in [5, 5.41) is 20.5. The van der Waals surface area contributed by atoms with Crippen molar-refractivity contribution >= 4 is 19.8 Å². The van der Waals surface area contributed by atoms with E-state index >= 15 is 0 Å². The lowest BCUT2D eigenvalue weighted by molar-refractivity contribution is -0.161. The third-order valence-corrected chi connectivity index (χ3v) is 8.10. The van der Waals surface area contributed by atoms with Gasteiger partial charge in [0.1, 0.15) is 6.61 Å². The number of ether oxygens (including phenoxy) is 2. The Kier molecular flexibility index (Phi) is 30.2. The van der Waals surface area contributed by atoms with Gasteiger partial charge >= 0.3 is 19.8 Å². The van der Waals surface area contributed by atoms with E-state index in [0.717, 1.165) is 38.5 Å². The lowest BCUT2D eigenvalue weighted by Gasteiger charge is -2.19. The number of hydrogen-bond donors (Lipinski definition) is 4. The van der Waals surface area contributed by atoms with Gasteiger partial charge in [-0.1, -0.05) is 121 Å². The summed E-state index contributed by atoms with van der Waals surface area (Å²) >= 11 is 0. The van der Waals surface area contributed by atoms with Crippen molar-refractivity contribution in [2.24, 2.45) is 0 Å². The van der Waals surface area contributed by atoms with Gasteiger partial charge in [0.25, 0.3) is 0 Å². The van der Waals surface area contributed by atoms with Crippen LogP contribution in [0.4, 0.5) is 0 Å². The molecule has 2 unspecified atom stereocenters. The fraction of sp³-hybridized carbons (Fsp3) is 0.778. The minimum atomic E-state index is -4.83. The van der Waals surface area contributed by atoms with Crippen LogP contribution in [0.3, 0.4) is 0 Å². The van der Waals surface area contributed by atoms with E-state index in [0.29, 0.717) is 6.42 Å². The molecule has 0 aliphatic carbocycles. The van der Waals surface area contributed by atoms with E-state index in [9.17, 15) is 24.4 Å². The van der Waals surface area contributed by atoms with Gasteiger partial charge in [-0.2, -0.15) is 0 Å². The first-order chi connectivity index (χ1) is 22.6. The molecule has 0 fully saturated rings. The van der Waals surface area contributed by atoms with Gasteiger partial charge in [-0.15, -0.1) is 0 Å². The Morgan fingerprint density at radius 1 is 0.638 bits per heavy atom. The molecule has 3 atom stereocenters. The van der Waals surface area contributed by atoms with Gasteiger partial charge in [0.05, 0.1) is 18.8 Å². The Hall–Kier alpha value is -1.81. The summed E-state index contributed by atoms with van der Waals surface area (Å²) in [6, 6.07) is 0. The fourth-order valence-electron chi connectivity index (χ4n) is 4.77. The standard InChI is InChI=1S/C36H65O10P/c1-3-5-7-9-11-13-15-16-17-19-21-23-26-33(37)34(38)27-25-29-36(40)46-32(31-45-47(41,42)43)30-44-35(39)28-24-22-20-18-14-12-10-8-6-4-2/h11,13,16-17,21,23,32-34,37-38H,3-10,12,14-15,18-20,22,24-31H2,1-2H3,(H2,41,42,43)/b13-11-,17-16-,23-21-/t32-,33?,34?/m1/s1. The van der Waals surface area contributed by atoms with Crippen LogP contribution in [0.2, 0.25) is 0 Å². The maximum absolute atomic E-state index is 12.4. The molecule has 0 saturated carbocycles. The minimum Gasteiger partial charge on any atom is -0.462 e. The van der Waals surface area contributed by atoms with Crippen LogP contribution in [0.15, 0.2) is 36.5 Å². The summed E-state index contributed by atoms with van der Waals surface area (Å²) in [6.07, 6.45) is 27.6. The molecule has 0 aromatic rings. The molecule has 0 saturated heterocycles. The molecule has 0 aromatic carbocycles. The molecular weight excluding hydrogens is 623 g/mol. The number of unbranched alkanes of at least 4 members (excludes halogenated alkanes) is 12. The first-order valence-corrected chi connectivity index (χ1v) is 19.5. The second-order valence-corrected chi connectivity index (χ2v) is 13.4. The van der Waals surface area contributed by atoms with E-state index in [1.807, 2.05) is 12.2 Å². The normalized spacial score (nSPS) is 14.3. The van der Waals surface area contributed by atoms with Crippen molar-refractivity contribution in [3.63, 3.8) is 0 Å². The van der Waals surface area contributed by atoms with Gasteiger partial charge in [0.2, 0.25) is 0 Å². The summed E-state index contributed by atoms with van der Waals surface area (Å²) in [6.45, 7) is 3.37. The van der Waals surface area contributed by atoms with Crippen LogP contribution < -0.4 is 0 Å². The highest BCUT2D eigenvalue weighted by Crippen LogP contribution is 2.36. The maximum atomic E-state index is 12.4. The number of phosphoric ester groups is 1. The molecule has 0 aromatic heterocycles. The zero-order valence-corrected chi connectivity index (χ0v) is 30.0. The molecule has 0 aliphatic rings. The topological polar surface area (TPSA) is 160 Å². The highest BCUT2D eigenvalue weighted by Gasteiger charge is 2.23. The molecule has 11 heteroatoms. The average Bonchev–Trinajstić information content (AvgIpc) is 3.03. The molecule has 0 amide bonds. The van der Waals surface area contributed by atoms with Crippen molar-refractivity contribution in [2.75, 3.05) is 13.2 Å². The predicted molar refractivity (Wildman–Crippen MR) is 187 cm³/mol. The smallest absolute Gasteiger partial charge is 0.462 e. The second kappa shape index (κ2) is 31.5. The molecule has 0 heterocycles. The Balaban J connectivity index is 4.28. The number of carbonyl (C=O) groups is 2. The van der Waals surface area contributed by atoms with E-state index in [1.165, 1.54) is 57.8 Å². The largest absolute Gasteiger partial charge is 0.469 e. The summed E-state index contributed by atoms with van der Waals surface area (Å²) in [5.41, 5.74) is 0. The third-order valence-electron chi connectivity index (χ3n) is 7.61. The zero-order valence-electron chi connectivity index (χ0n) is 29.1. The van der Waals surface area contributed by atoms with Crippen molar-refractivity contribution in [1.82, 2.24) is 0 Å². The van der Waals surface area contributed by atoms with Crippen LogP contribution in [0.5, 0.6) is 0 Å². The highest BCUT2D eigenvalue weighted by atomic mass is 31.2. The molecule has 0 radical (unpaired) electrons. The maximum Gasteiger partial charge on any atom is 0.469 e. The molecule has 47 heavy (non-hydrogen) atoms. The van der Waals surface area contributed by atoms with Crippen molar-refractivity contribution in [3.05, 3.63) is 36.5 Å². The molecule has 10 nitrogen and oxygen atoms in total. The van der Waals surface area contributed by atoms with E-state index < -0.39 is 44.7 Å². The third kappa shape index (κ3) is 32.5.